The number of carbonyl (C=O) groups is 1. The van der Waals surface area contributed by atoms with Crippen molar-refractivity contribution < 1.29 is 14.5 Å². The van der Waals surface area contributed by atoms with Gasteiger partial charge in [-0.2, -0.15) is 0 Å². The van der Waals surface area contributed by atoms with Crippen molar-refractivity contribution >= 4 is 28.2 Å². The van der Waals surface area contributed by atoms with Gasteiger partial charge in [-0.3, -0.25) is 19.9 Å². The number of nitro benzene ring substituents is 1. The third-order valence-electron chi connectivity index (χ3n) is 4.27. The lowest BCUT2D eigenvalue weighted by Crippen LogP contribution is -2.19. The normalized spacial score (nSPS) is 20.4. The average molecular weight is 315 g/mol. The number of esters is 1. The Kier molecular flexibility index (Phi) is 4.10. The molecule has 0 unspecified atom stereocenters. The van der Waals surface area contributed by atoms with Crippen LogP contribution in [0.1, 0.15) is 19.3 Å². The van der Waals surface area contributed by atoms with Crippen molar-refractivity contribution in [1.82, 2.24) is 4.98 Å². The summed E-state index contributed by atoms with van der Waals surface area (Å²) in [6.45, 7) is 0. The molecule has 0 spiro atoms. The summed E-state index contributed by atoms with van der Waals surface area (Å²) in [5.41, 5.74) is 1.36. The van der Waals surface area contributed by atoms with Crippen LogP contribution in [0.3, 0.4) is 0 Å². The Morgan fingerprint density at radius 1 is 1.39 bits per heavy atom. The molecule has 3 rings (SSSR count). The van der Waals surface area contributed by atoms with Gasteiger partial charge >= 0.3 is 5.97 Å². The number of benzene rings is 1. The number of rotatable bonds is 4. The molecule has 7 heteroatoms. The minimum atomic E-state index is -0.406. The molecule has 7 nitrogen and oxygen atoms in total. The number of hydrogen-bond donors (Lipinski definition) is 1. The fourth-order valence-electron chi connectivity index (χ4n) is 3.15. The molecule has 120 valence electrons. The van der Waals surface area contributed by atoms with Crippen LogP contribution in [0, 0.1) is 16.0 Å². The third-order valence-corrected chi connectivity index (χ3v) is 4.27. The number of anilines is 1. The highest BCUT2D eigenvalue weighted by molar-refractivity contribution is 5.96. The Hall–Kier alpha value is -2.70. The second-order valence-electron chi connectivity index (χ2n) is 5.66. The van der Waals surface area contributed by atoms with Gasteiger partial charge in [0.25, 0.3) is 5.69 Å². The van der Waals surface area contributed by atoms with Gasteiger partial charge in [0.05, 0.1) is 29.0 Å². The maximum Gasteiger partial charge on any atom is 0.308 e. The highest BCUT2D eigenvalue weighted by Crippen LogP contribution is 2.33. The van der Waals surface area contributed by atoms with E-state index in [2.05, 4.69) is 10.3 Å². The first-order valence-electron chi connectivity index (χ1n) is 7.46. The van der Waals surface area contributed by atoms with E-state index in [1.807, 2.05) is 0 Å². The lowest BCUT2D eigenvalue weighted by Gasteiger charge is -2.15. The van der Waals surface area contributed by atoms with E-state index >= 15 is 0 Å². The Morgan fingerprint density at radius 3 is 2.96 bits per heavy atom. The Morgan fingerprint density at radius 2 is 2.22 bits per heavy atom. The molecule has 1 aromatic heterocycles. The van der Waals surface area contributed by atoms with Gasteiger partial charge in [0.1, 0.15) is 5.52 Å². The van der Waals surface area contributed by atoms with E-state index in [1.54, 1.807) is 24.4 Å². The number of non-ortho nitro benzene ring substituents is 1. The molecule has 1 N–H and O–H groups in total. The number of nitro groups is 1. The quantitative estimate of drug-likeness (QED) is 0.529. The van der Waals surface area contributed by atoms with Crippen LogP contribution in [0.5, 0.6) is 0 Å². The molecule has 1 heterocycles. The first-order valence-corrected chi connectivity index (χ1v) is 7.46. The van der Waals surface area contributed by atoms with E-state index in [9.17, 15) is 14.9 Å². The molecular weight excluding hydrogens is 298 g/mol. The van der Waals surface area contributed by atoms with Crippen LogP contribution < -0.4 is 5.32 Å². The number of nitrogens with one attached hydrogen (secondary N) is 1. The van der Waals surface area contributed by atoms with Gasteiger partial charge in [0.2, 0.25) is 0 Å². The predicted molar refractivity (Wildman–Crippen MR) is 85.2 cm³/mol. The van der Waals surface area contributed by atoms with Crippen molar-refractivity contribution in [3.05, 3.63) is 40.6 Å². The number of carbonyl (C=O) groups excluding carboxylic acids is 1. The van der Waals surface area contributed by atoms with Crippen LogP contribution in [0.2, 0.25) is 0 Å². The Balaban J connectivity index is 1.86. The number of hydrogen-bond acceptors (Lipinski definition) is 6. The minimum absolute atomic E-state index is 0.0394. The molecule has 23 heavy (non-hydrogen) atoms. The van der Waals surface area contributed by atoms with Crippen LogP contribution >= 0.6 is 0 Å². The average Bonchev–Trinajstić information content (AvgIpc) is 3.02. The molecule has 0 amide bonds. The van der Waals surface area contributed by atoms with E-state index in [1.165, 1.54) is 13.2 Å². The summed E-state index contributed by atoms with van der Waals surface area (Å²) < 4.78 is 4.79. The second kappa shape index (κ2) is 6.20. The monoisotopic (exact) mass is 315 g/mol. The zero-order valence-corrected chi connectivity index (χ0v) is 12.7. The molecular formula is C16H17N3O4. The van der Waals surface area contributed by atoms with Crippen LogP contribution in [-0.2, 0) is 9.53 Å². The molecule has 1 aromatic carbocycles. The van der Waals surface area contributed by atoms with Gasteiger partial charge in [-0.25, -0.2) is 0 Å². The third kappa shape index (κ3) is 2.94. The number of ether oxygens (including phenoxy) is 1. The summed E-state index contributed by atoms with van der Waals surface area (Å²) in [7, 11) is 1.40. The lowest BCUT2D eigenvalue weighted by atomic mass is 10.1. The molecule has 1 aliphatic carbocycles. The van der Waals surface area contributed by atoms with Crippen molar-refractivity contribution in [2.24, 2.45) is 5.92 Å². The highest BCUT2D eigenvalue weighted by Gasteiger charge is 2.31. The summed E-state index contributed by atoms with van der Waals surface area (Å²) in [5, 5.41) is 15.0. The van der Waals surface area contributed by atoms with Crippen molar-refractivity contribution in [3.63, 3.8) is 0 Å². The smallest absolute Gasteiger partial charge is 0.308 e. The largest absolute Gasteiger partial charge is 0.469 e. The molecule has 0 radical (unpaired) electrons. The van der Waals surface area contributed by atoms with Crippen molar-refractivity contribution in [3.8, 4) is 0 Å². The molecule has 0 bridgehead atoms. The number of fused-ring (bicyclic) bond motifs is 1. The van der Waals surface area contributed by atoms with Gasteiger partial charge in [-0.1, -0.05) is 0 Å². The topological polar surface area (TPSA) is 94.4 Å². The summed E-state index contributed by atoms with van der Waals surface area (Å²) in [5.74, 6) is -0.268. The van der Waals surface area contributed by atoms with Gasteiger partial charge in [0.15, 0.2) is 0 Å². The van der Waals surface area contributed by atoms with E-state index in [4.69, 9.17) is 4.74 Å². The highest BCUT2D eigenvalue weighted by atomic mass is 16.6. The van der Waals surface area contributed by atoms with Gasteiger partial charge in [0, 0.05) is 18.3 Å². The van der Waals surface area contributed by atoms with Crippen LogP contribution in [0.15, 0.2) is 30.5 Å². The fraction of sp³-hybridized carbons (Fsp3) is 0.375. The van der Waals surface area contributed by atoms with E-state index in [0.29, 0.717) is 17.3 Å². The summed E-state index contributed by atoms with van der Waals surface area (Å²) in [6.07, 6.45) is 3.94. The second-order valence-corrected chi connectivity index (χ2v) is 5.66. The molecule has 0 saturated heterocycles. The molecule has 2 atom stereocenters. The predicted octanol–water partition coefficient (Wildman–Crippen LogP) is 2.90. The zero-order chi connectivity index (χ0) is 16.4. The first-order chi connectivity index (χ1) is 11.1. The molecule has 1 aliphatic rings. The van der Waals surface area contributed by atoms with Crippen LogP contribution in [0.4, 0.5) is 11.4 Å². The zero-order valence-electron chi connectivity index (χ0n) is 12.7. The number of aromatic nitrogens is 1. The van der Waals surface area contributed by atoms with Crippen molar-refractivity contribution in [1.29, 1.82) is 0 Å². The van der Waals surface area contributed by atoms with E-state index in [-0.39, 0.29) is 23.6 Å². The first kappa shape index (κ1) is 15.2. The van der Waals surface area contributed by atoms with E-state index < -0.39 is 4.92 Å². The lowest BCUT2D eigenvalue weighted by molar-refractivity contribution is -0.383. The Bertz CT molecular complexity index is 762. The van der Waals surface area contributed by atoms with Crippen molar-refractivity contribution in [2.45, 2.75) is 25.3 Å². The fourth-order valence-corrected chi connectivity index (χ4v) is 3.15. The standard InChI is InChI=1S/C16H17N3O4/c1-23-16(20)10-4-5-11(9-10)18-13-6-7-14(19(21)22)12-3-2-8-17-15(12)13/h2-3,6-8,10-11,18H,4-5,9H2,1H3/t10-,11+/m0/s1. The summed E-state index contributed by atoms with van der Waals surface area (Å²) in [4.78, 5) is 26.6. The van der Waals surface area contributed by atoms with Gasteiger partial charge in [-0.05, 0) is 37.5 Å². The van der Waals surface area contributed by atoms with Crippen LogP contribution in [0.25, 0.3) is 10.9 Å². The molecule has 2 aromatic rings. The van der Waals surface area contributed by atoms with E-state index in [0.717, 1.165) is 18.5 Å². The van der Waals surface area contributed by atoms with Crippen LogP contribution in [-0.4, -0.2) is 29.0 Å². The SMILES string of the molecule is COC(=O)[C@H]1CC[C@@H](Nc2ccc([N+](=O)[O-])c3cccnc23)C1. The number of pyridine rings is 1. The number of nitrogens with zero attached hydrogens (tertiary/aromatic N) is 2. The molecule has 1 saturated carbocycles. The minimum Gasteiger partial charge on any atom is -0.469 e. The number of methoxy groups -OCH3 is 1. The molecule has 0 aliphatic heterocycles. The maximum absolute atomic E-state index is 11.6. The molecule has 1 fully saturated rings. The van der Waals surface area contributed by atoms with Gasteiger partial charge in [-0.15, -0.1) is 0 Å². The summed E-state index contributed by atoms with van der Waals surface area (Å²) >= 11 is 0. The summed E-state index contributed by atoms with van der Waals surface area (Å²) in [6, 6.07) is 6.67. The van der Waals surface area contributed by atoms with Gasteiger partial charge < -0.3 is 10.1 Å². The maximum atomic E-state index is 11.6. The van der Waals surface area contributed by atoms with Crippen molar-refractivity contribution in [2.75, 3.05) is 12.4 Å². The Labute approximate surface area is 132 Å².